The minimum absolute atomic E-state index is 0.143. The van der Waals surface area contributed by atoms with Crippen LogP contribution in [-0.2, 0) is 17.4 Å². The third-order valence-electron chi connectivity index (χ3n) is 5.00. The highest BCUT2D eigenvalue weighted by molar-refractivity contribution is 7.12. The molecule has 0 amide bonds. The molecule has 1 aromatic rings. The number of rotatable bonds is 1. The molecule has 1 fully saturated rings. The van der Waals surface area contributed by atoms with Gasteiger partial charge < -0.3 is 5.73 Å². The molecule has 0 aromatic carbocycles. The average molecular weight is 278 g/mol. The van der Waals surface area contributed by atoms with Crippen LogP contribution in [0, 0.1) is 5.92 Å². The van der Waals surface area contributed by atoms with E-state index in [0.717, 1.165) is 18.8 Å². The number of hydrogen-bond acceptors (Lipinski definition) is 3. The lowest BCUT2D eigenvalue weighted by molar-refractivity contribution is 0.238. The fourth-order valence-corrected chi connectivity index (χ4v) is 5.28. The second-order valence-corrected chi connectivity index (χ2v) is 8.47. The molecule has 3 heteroatoms. The summed E-state index contributed by atoms with van der Waals surface area (Å²) in [6.45, 7) is 7.00. The molecule has 19 heavy (non-hydrogen) atoms. The molecule has 1 heterocycles. The van der Waals surface area contributed by atoms with E-state index in [1.165, 1.54) is 47.7 Å². The van der Waals surface area contributed by atoms with Gasteiger partial charge in [-0.2, -0.15) is 0 Å². The van der Waals surface area contributed by atoms with Crippen LogP contribution in [-0.4, -0.2) is 4.98 Å². The standard InChI is InChI=1S/C16H26N2S/c1-11-6-4-9-16(17,10-11)14-18-13-12(19-14)7-5-8-15(13,2)3/h11H,4-10,17H2,1-3H3. The number of nitrogens with zero attached hydrogens (tertiary/aromatic N) is 1. The van der Waals surface area contributed by atoms with Gasteiger partial charge in [-0.3, -0.25) is 0 Å². The maximum atomic E-state index is 6.72. The molecule has 2 aliphatic carbocycles. The van der Waals surface area contributed by atoms with Crippen LogP contribution in [0.15, 0.2) is 0 Å². The predicted octanol–water partition coefficient (Wildman–Crippen LogP) is 4.12. The Kier molecular flexibility index (Phi) is 3.25. The summed E-state index contributed by atoms with van der Waals surface area (Å²) in [6, 6.07) is 0. The molecule has 2 N–H and O–H groups in total. The van der Waals surface area contributed by atoms with Crippen molar-refractivity contribution >= 4 is 11.3 Å². The Labute approximate surface area is 120 Å². The van der Waals surface area contributed by atoms with Crippen LogP contribution in [0.25, 0.3) is 0 Å². The van der Waals surface area contributed by atoms with Gasteiger partial charge in [0.25, 0.3) is 0 Å². The van der Waals surface area contributed by atoms with E-state index in [1.54, 1.807) is 0 Å². The minimum Gasteiger partial charge on any atom is -0.319 e. The molecule has 2 atom stereocenters. The van der Waals surface area contributed by atoms with Crippen molar-refractivity contribution in [3.8, 4) is 0 Å². The molecule has 0 radical (unpaired) electrons. The van der Waals surface area contributed by atoms with Crippen molar-refractivity contribution in [3.63, 3.8) is 0 Å². The Morgan fingerprint density at radius 3 is 2.74 bits per heavy atom. The molecule has 1 saturated carbocycles. The van der Waals surface area contributed by atoms with E-state index in [9.17, 15) is 0 Å². The highest BCUT2D eigenvalue weighted by Crippen LogP contribution is 2.44. The van der Waals surface area contributed by atoms with E-state index in [2.05, 4.69) is 20.8 Å². The number of aromatic nitrogens is 1. The first-order valence-corrected chi connectivity index (χ1v) is 8.52. The second kappa shape index (κ2) is 4.56. The van der Waals surface area contributed by atoms with Crippen molar-refractivity contribution in [2.75, 3.05) is 0 Å². The monoisotopic (exact) mass is 278 g/mol. The molecule has 106 valence electrons. The van der Waals surface area contributed by atoms with Gasteiger partial charge in [-0.05, 0) is 38.0 Å². The largest absolute Gasteiger partial charge is 0.319 e. The van der Waals surface area contributed by atoms with Gasteiger partial charge in [-0.1, -0.05) is 33.6 Å². The summed E-state index contributed by atoms with van der Waals surface area (Å²) >= 11 is 1.91. The molecular weight excluding hydrogens is 252 g/mol. The molecule has 2 aliphatic rings. The summed E-state index contributed by atoms with van der Waals surface area (Å²) < 4.78 is 0. The van der Waals surface area contributed by atoms with Crippen molar-refractivity contribution in [2.45, 2.75) is 76.7 Å². The van der Waals surface area contributed by atoms with Crippen molar-refractivity contribution < 1.29 is 0 Å². The van der Waals surface area contributed by atoms with E-state index in [1.807, 2.05) is 11.3 Å². The molecule has 3 rings (SSSR count). The van der Waals surface area contributed by atoms with Crippen LogP contribution in [0.1, 0.15) is 74.9 Å². The Morgan fingerprint density at radius 2 is 2.05 bits per heavy atom. The summed E-state index contributed by atoms with van der Waals surface area (Å²) in [5.41, 5.74) is 8.17. The van der Waals surface area contributed by atoms with Gasteiger partial charge in [0.15, 0.2) is 0 Å². The van der Waals surface area contributed by atoms with Crippen LogP contribution in [0.4, 0.5) is 0 Å². The predicted molar refractivity (Wildman–Crippen MR) is 81.6 cm³/mol. The van der Waals surface area contributed by atoms with E-state index in [-0.39, 0.29) is 11.0 Å². The zero-order chi connectivity index (χ0) is 13.7. The van der Waals surface area contributed by atoms with Gasteiger partial charge in [-0.25, -0.2) is 4.98 Å². The summed E-state index contributed by atoms with van der Waals surface area (Å²) in [5, 5.41) is 1.22. The van der Waals surface area contributed by atoms with E-state index >= 15 is 0 Å². The quantitative estimate of drug-likeness (QED) is 0.839. The average Bonchev–Trinajstić information content (AvgIpc) is 2.74. The van der Waals surface area contributed by atoms with Crippen LogP contribution >= 0.6 is 11.3 Å². The lowest BCUT2D eigenvalue weighted by Crippen LogP contribution is -2.41. The number of nitrogens with two attached hydrogens (primary N) is 1. The maximum Gasteiger partial charge on any atom is 0.113 e. The molecule has 1 aromatic heterocycles. The molecule has 2 nitrogen and oxygen atoms in total. The first-order valence-electron chi connectivity index (χ1n) is 7.70. The smallest absolute Gasteiger partial charge is 0.113 e. The summed E-state index contributed by atoms with van der Waals surface area (Å²) in [5.74, 6) is 0.743. The van der Waals surface area contributed by atoms with Gasteiger partial charge >= 0.3 is 0 Å². The van der Waals surface area contributed by atoms with Crippen molar-refractivity contribution in [1.29, 1.82) is 0 Å². The van der Waals surface area contributed by atoms with Crippen molar-refractivity contribution in [2.24, 2.45) is 11.7 Å². The molecule has 2 unspecified atom stereocenters. The Morgan fingerprint density at radius 1 is 1.26 bits per heavy atom. The van der Waals surface area contributed by atoms with Crippen LogP contribution in [0.2, 0.25) is 0 Å². The van der Waals surface area contributed by atoms with Gasteiger partial charge in [0.2, 0.25) is 0 Å². The SMILES string of the molecule is CC1CCCC(N)(c2nc3c(s2)CCCC3(C)C)C1. The number of thiazole rings is 1. The summed E-state index contributed by atoms with van der Waals surface area (Å²) in [7, 11) is 0. The van der Waals surface area contributed by atoms with Gasteiger partial charge in [-0.15, -0.1) is 11.3 Å². The van der Waals surface area contributed by atoms with Crippen molar-refractivity contribution in [1.82, 2.24) is 4.98 Å². The van der Waals surface area contributed by atoms with Crippen molar-refractivity contribution in [3.05, 3.63) is 15.6 Å². The first kappa shape index (κ1) is 13.6. The summed E-state index contributed by atoms with van der Waals surface area (Å²) in [6.07, 6.45) is 8.58. The fourth-order valence-electron chi connectivity index (χ4n) is 3.86. The Balaban J connectivity index is 1.96. The first-order chi connectivity index (χ1) is 8.91. The highest BCUT2D eigenvalue weighted by atomic mass is 32.1. The molecule has 0 bridgehead atoms. The normalized spacial score (nSPS) is 34.0. The van der Waals surface area contributed by atoms with Crippen LogP contribution in [0.5, 0.6) is 0 Å². The minimum atomic E-state index is -0.143. The lowest BCUT2D eigenvalue weighted by atomic mass is 9.77. The van der Waals surface area contributed by atoms with E-state index < -0.39 is 0 Å². The molecular formula is C16H26N2S. The number of fused-ring (bicyclic) bond motifs is 1. The van der Waals surface area contributed by atoms with E-state index in [0.29, 0.717) is 0 Å². The van der Waals surface area contributed by atoms with Crippen LogP contribution < -0.4 is 5.73 Å². The number of aryl methyl sites for hydroxylation is 1. The molecule has 0 aliphatic heterocycles. The van der Waals surface area contributed by atoms with Crippen LogP contribution in [0.3, 0.4) is 0 Å². The topological polar surface area (TPSA) is 38.9 Å². The highest BCUT2D eigenvalue weighted by Gasteiger charge is 2.39. The second-order valence-electron chi connectivity index (χ2n) is 7.39. The molecule has 0 saturated heterocycles. The number of hydrogen-bond donors (Lipinski definition) is 1. The van der Waals surface area contributed by atoms with E-state index in [4.69, 9.17) is 10.7 Å². The van der Waals surface area contributed by atoms with Gasteiger partial charge in [0, 0.05) is 10.3 Å². The fraction of sp³-hybridized carbons (Fsp3) is 0.812. The third kappa shape index (κ3) is 2.36. The summed E-state index contributed by atoms with van der Waals surface area (Å²) in [4.78, 5) is 6.54. The Bertz CT molecular complexity index is 477. The maximum absolute atomic E-state index is 6.72. The zero-order valence-corrected chi connectivity index (χ0v) is 13.3. The van der Waals surface area contributed by atoms with Gasteiger partial charge in [0.1, 0.15) is 5.01 Å². The third-order valence-corrected chi connectivity index (χ3v) is 6.34. The van der Waals surface area contributed by atoms with Gasteiger partial charge in [0.05, 0.1) is 11.2 Å². The molecule has 0 spiro atoms. The zero-order valence-electron chi connectivity index (χ0n) is 12.5. The lowest BCUT2D eigenvalue weighted by Gasteiger charge is -2.35. The Hall–Kier alpha value is -0.410.